The summed E-state index contributed by atoms with van der Waals surface area (Å²) in [6.07, 6.45) is 1.74. The zero-order valence-electron chi connectivity index (χ0n) is 10.7. The summed E-state index contributed by atoms with van der Waals surface area (Å²) < 4.78 is 30.7. The molecule has 0 aliphatic rings. The van der Waals surface area contributed by atoms with Gasteiger partial charge in [-0.05, 0) is 40.0 Å². The minimum Gasteiger partial charge on any atom is -0.359 e. The molecule has 0 unspecified atom stereocenters. The molecule has 0 amide bonds. The van der Waals surface area contributed by atoms with Gasteiger partial charge < -0.3 is 9.71 Å². The van der Waals surface area contributed by atoms with Gasteiger partial charge in [0.05, 0.1) is 26.1 Å². The molecule has 0 radical (unpaired) electrons. The van der Waals surface area contributed by atoms with Gasteiger partial charge in [-0.15, -0.1) is 0 Å². The largest absolute Gasteiger partial charge is 0.359 e. The maximum absolute atomic E-state index is 13.7. The predicted molar refractivity (Wildman–Crippen MR) is 91.9 cm³/mol. The van der Waals surface area contributed by atoms with E-state index in [1.165, 1.54) is 0 Å². The molecule has 0 aliphatic carbocycles. The molecule has 3 rings (SSSR count). The van der Waals surface area contributed by atoms with Crippen LogP contribution in [0.15, 0.2) is 39.8 Å². The number of nitrogens with one attached hydrogen (secondary N) is 2. The van der Waals surface area contributed by atoms with E-state index in [-0.39, 0.29) is 10.7 Å². The highest BCUT2D eigenvalue weighted by Gasteiger charge is 2.12. The lowest BCUT2D eigenvalue weighted by atomic mass is 10.2. The third kappa shape index (κ3) is 2.93. The van der Waals surface area contributed by atoms with Crippen LogP contribution in [0, 0.1) is 11.6 Å². The molecule has 1 aromatic heterocycles. The molecule has 2 aromatic carbocycles. The lowest BCUT2D eigenvalue weighted by Gasteiger charge is -2.07. The highest BCUT2D eigenvalue weighted by atomic mass is 79.9. The molecule has 0 aliphatic heterocycles. The Balaban J connectivity index is 1.89. The van der Waals surface area contributed by atoms with Gasteiger partial charge in [-0.1, -0.05) is 29.3 Å². The fraction of sp³-hybridized carbons (Fsp3) is 0. The van der Waals surface area contributed by atoms with Crippen LogP contribution in [-0.4, -0.2) is 4.98 Å². The van der Waals surface area contributed by atoms with Crippen molar-refractivity contribution in [1.82, 2.24) is 4.98 Å². The monoisotopic (exact) mass is 422 g/mol. The Bertz CT molecular complexity index is 870. The van der Waals surface area contributed by atoms with Crippen LogP contribution in [0.2, 0.25) is 10.0 Å². The first kappa shape index (κ1) is 15.9. The second kappa shape index (κ2) is 6.28. The maximum atomic E-state index is 13.7. The average Bonchev–Trinajstić information content (AvgIpc) is 2.89. The number of H-pyrrole nitrogens is 1. The molecule has 0 spiro atoms. The SMILES string of the molecule is Fc1cc(NSc2c[nH]c3c(Cl)c(Br)ccc23)c(F)cc1Cl. The Morgan fingerprint density at radius 3 is 2.68 bits per heavy atom. The third-order valence-electron chi connectivity index (χ3n) is 2.99. The van der Waals surface area contributed by atoms with Gasteiger partial charge >= 0.3 is 0 Å². The number of anilines is 1. The number of benzene rings is 2. The van der Waals surface area contributed by atoms with Gasteiger partial charge in [-0.25, -0.2) is 8.78 Å². The van der Waals surface area contributed by atoms with Crippen molar-refractivity contribution in [2.45, 2.75) is 4.90 Å². The van der Waals surface area contributed by atoms with E-state index in [0.29, 0.717) is 5.02 Å². The molecular weight excluding hydrogens is 417 g/mol. The van der Waals surface area contributed by atoms with E-state index in [1.807, 2.05) is 12.1 Å². The lowest BCUT2D eigenvalue weighted by Crippen LogP contribution is -1.92. The third-order valence-corrected chi connectivity index (χ3v) is 5.44. The first-order valence-electron chi connectivity index (χ1n) is 6.00. The Morgan fingerprint density at radius 1 is 1.14 bits per heavy atom. The van der Waals surface area contributed by atoms with Crippen LogP contribution >= 0.6 is 51.1 Å². The summed E-state index contributed by atoms with van der Waals surface area (Å²) in [6.45, 7) is 0. The molecule has 0 atom stereocenters. The topological polar surface area (TPSA) is 27.8 Å². The summed E-state index contributed by atoms with van der Waals surface area (Å²) in [5, 5.41) is 1.19. The molecule has 8 heteroatoms. The zero-order chi connectivity index (χ0) is 15.9. The number of aromatic amines is 1. The maximum Gasteiger partial charge on any atom is 0.148 e. The molecular formula is C14H7BrCl2F2N2S. The second-order valence-electron chi connectivity index (χ2n) is 4.39. The highest BCUT2D eigenvalue weighted by Crippen LogP contribution is 2.36. The summed E-state index contributed by atoms with van der Waals surface area (Å²) in [5.74, 6) is -1.31. The van der Waals surface area contributed by atoms with Crippen molar-refractivity contribution >= 4 is 67.7 Å². The van der Waals surface area contributed by atoms with Crippen LogP contribution in [0.5, 0.6) is 0 Å². The fourth-order valence-electron chi connectivity index (χ4n) is 1.91. The van der Waals surface area contributed by atoms with Gasteiger partial charge in [0, 0.05) is 22.1 Å². The number of halogens is 5. The number of hydrogen-bond donors (Lipinski definition) is 2. The van der Waals surface area contributed by atoms with Crippen LogP contribution in [0.4, 0.5) is 14.5 Å². The van der Waals surface area contributed by atoms with Gasteiger partial charge in [-0.3, -0.25) is 0 Å². The van der Waals surface area contributed by atoms with Crippen LogP contribution < -0.4 is 4.72 Å². The summed E-state index contributed by atoms with van der Waals surface area (Å²) in [4.78, 5) is 3.86. The lowest BCUT2D eigenvalue weighted by molar-refractivity contribution is 0.604. The van der Waals surface area contributed by atoms with E-state index in [1.54, 1.807) is 6.20 Å². The Hall–Kier alpha value is -0.950. The molecule has 22 heavy (non-hydrogen) atoms. The van der Waals surface area contributed by atoms with Crippen LogP contribution in [0.3, 0.4) is 0 Å². The molecule has 2 N–H and O–H groups in total. The smallest absolute Gasteiger partial charge is 0.148 e. The van der Waals surface area contributed by atoms with Crippen molar-refractivity contribution in [3.8, 4) is 0 Å². The number of aromatic nitrogens is 1. The van der Waals surface area contributed by atoms with E-state index in [0.717, 1.165) is 44.4 Å². The Kier molecular flexibility index (Phi) is 4.54. The van der Waals surface area contributed by atoms with Gasteiger partial charge in [0.25, 0.3) is 0 Å². The minimum atomic E-state index is -0.683. The predicted octanol–water partition coefficient (Wildman–Crippen LogP) is 6.63. The standard InChI is InChI=1S/C14H7BrCl2F2N2S/c15-7-2-1-6-12(5-20-14(6)13(7)17)22-21-11-4-9(18)8(16)3-10(11)19/h1-5,20-21H. The molecule has 0 bridgehead atoms. The molecule has 0 saturated heterocycles. The Labute approximate surface area is 147 Å². The van der Waals surface area contributed by atoms with Gasteiger partial charge in [0.2, 0.25) is 0 Å². The Morgan fingerprint density at radius 2 is 1.91 bits per heavy atom. The van der Waals surface area contributed by atoms with Crippen molar-refractivity contribution in [3.63, 3.8) is 0 Å². The first-order chi connectivity index (χ1) is 10.5. The molecule has 114 valence electrons. The summed E-state index contributed by atoms with van der Waals surface area (Å²) in [6, 6.07) is 5.65. The van der Waals surface area contributed by atoms with E-state index in [4.69, 9.17) is 23.2 Å². The van der Waals surface area contributed by atoms with E-state index < -0.39 is 11.6 Å². The number of fused-ring (bicyclic) bond motifs is 1. The highest BCUT2D eigenvalue weighted by molar-refractivity contribution is 9.10. The van der Waals surface area contributed by atoms with E-state index in [9.17, 15) is 8.78 Å². The number of rotatable bonds is 3. The van der Waals surface area contributed by atoms with Crippen molar-refractivity contribution in [2.75, 3.05) is 4.72 Å². The van der Waals surface area contributed by atoms with E-state index >= 15 is 0 Å². The number of hydrogen-bond acceptors (Lipinski definition) is 2. The zero-order valence-corrected chi connectivity index (χ0v) is 14.6. The quantitative estimate of drug-likeness (QED) is 0.365. The molecule has 0 saturated carbocycles. The molecule has 2 nitrogen and oxygen atoms in total. The second-order valence-corrected chi connectivity index (χ2v) is 6.87. The van der Waals surface area contributed by atoms with Gasteiger partial charge in [0.15, 0.2) is 0 Å². The fourth-order valence-corrected chi connectivity index (χ4v) is 3.38. The van der Waals surface area contributed by atoms with Crippen molar-refractivity contribution in [1.29, 1.82) is 0 Å². The van der Waals surface area contributed by atoms with Crippen LogP contribution in [0.1, 0.15) is 0 Å². The summed E-state index contributed by atoms with van der Waals surface area (Å²) in [7, 11) is 0. The average molecular weight is 424 g/mol. The first-order valence-corrected chi connectivity index (χ1v) is 8.36. The summed E-state index contributed by atoms with van der Waals surface area (Å²) in [5.41, 5.74) is 0.785. The molecule has 3 aromatic rings. The van der Waals surface area contributed by atoms with Crippen molar-refractivity contribution in [2.24, 2.45) is 0 Å². The van der Waals surface area contributed by atoms with Crippen molar-refractivity contribution < 1.29 is 8.78 Å². The van der Waals surface area contributed by atoms with Crippen LogP contribution in [0.25, 0.3) is 10.9 Å². The molecule has 0 fully saturated rings. The van der Waals surface area contributed by atoms with Gasteiger partial charge in [-0.2, -0.15) is 0 Å². The normalized spacial score (nSPS) is 11.1. The van der Waals surface area contributed by atoms with Gasteiger partial charge in [0.1, 0.15) is 11.6 Å². The minimum absolute atomic E-state index is 0.0180. The summed E-state index contributed by atoms with van der Waals surface area (Å²) >= 11 is 16.2. The van der Waals surface area contributed by atoms with Crippen LogP contribution in [-0.2, 0) is 0 Å². The molecule has 1 heterocycles. The van der Waals surface area contributed by atoms with Crippen molar-refractivity contribution in [3.05, 3.63) is 56.6 Å². The van der Waals surface area contributed by atoms with E-state index in [2.05, 4.69) is 25.6 Å².